The Morgan fingerprint density at radius 3 is 2.57 bits per heavy atom. The molecule has 1 aliphatic heterocycles. The van der Waals surface area contributed by atoms with Crippen LogP contribution in [0.2, 0.25) is 5.15 Å². The van der Waals surface area contributed by atoms with Crippen molar-refractivity contribution in [3.05, 3.63) is 58.9 Å². The number of halogens is 1. The molecule has 0 aliphatic carbocycles. The molecule has 0 bridgehead atoms. The lowest BCUT2D eigenvalue weighted by molar-refractivity contribution is 0.249. The summed E-state index contributed by atoms with van der Waals surface area (Å²) >= 11 is 5.82. The van der Waals surface area contributed by atoms with Gasteiger partial charge in [0.05, 0.1) is 0 Å². The first kappa shape index (κ1) is 14.4. The van der Waals surface area contributed by atoms with Gasteiger partial charge in [-0.2, -0.15) is 0 Å². The number of aromatic nitrogens is 1. The van der Waals surface area contributed by atoms with Gasteiger partial charge in [-0.3, -0.25) is 4.90 Å². The molecule has 3 nitrogen and oxygen atoms in total. The zero-order valence-corrected chi connectivity index (χ0v) is 13.1. The van der Waals surface area contributed by atoms with Crippen LogP contribution in [0.4, 0.5) is 5.69 Å². The number of pyridine rings is 1. The molecule has 3 rings (SSSR count). The van der Waals surface area contributed by atoms with E-state index in [9.17, 15) is 0 Å². The smallest absolute Gasteiger partial charge is 0.129 e. The zero-order valence-electron chi connectivity index (χ0n) is 12.3. The third-order valence-corrected chi connectivity index (χ3v) is 4.16. The summed E-state index contributed by atoms with van der Waals surface area (Å²) in [4.78, 5) is 9.08. The normalized spacial score (nSPS) is 16.2. The summed E-state index contributed by atoms with van der Waals surface area (Å²) in [6.07, 6.45) is 1.87. The van der Waals surface area contributed by atoms with E-state index in [1.807, 2.05) is 12.3 Å². The molecule has 0 N–H and O–H groups in total. The molecule has 110 valence electrons. The van der Waals surface area contributed by atoms with Crippen molar-refractivity contribution >= 4 is 17.3 Å². The third kappa shape index (κ3) is 3.74. The fourth-order valence-corrected chi connectivity index (χ4v) is 2.86. The van der Waals surface area contributed by atoms with E-state index in [4.69, 9.17) is 11.6 Å². The molecule has 0 radical (unpaired) electrons. The van der Waals surface area contributed by atoms with Crippen molar-refractivity contribution in [2.75, 3.05) is 31.1 Å². The summed E-state index contributed by atoms with van der Waals surface area (Å²) in [5.74, 6) is 0. The third-order valence-electron chi connectivity index (χ3n) is 3.93. The molecule has 1 aromatic carbocycles. The van der Waals surface area contributed by atoms with Crippen LogP contribution >= 0.6 is 11.6 Å². The van der Waals surface area contributed by atoms with Crippen molar-refractivity contribution in [1.82, 2.24) is 9.88 Å². The van der Waals surface area contributed by atoms with Gasteiger partial charge >= 0.3 is 0 Å². The van der Waals surface area contributed by atoms with Crippen LogP contribution in [0.3, 0.4) is 0 Å². The average molecular weight is 302 g/mol. The number of hydrogen-bond donors (Lipinski definition) is 0. The predicted molar refractivity (Wildman–Crippen MR) is 87.9 cm³/mol. The van der Waals surface area contributed by atoms with Gasteiger partial charge in [0, 0.05) is 44.6 Å². The minimum atomic E-state index is 0.558. The van der Waals surface area contributed by atoms with E-state index in [-0.39, 0.29) is 0 Å². The van der Waals surface area contributed by atoms with E-state index in [2.05, 4.69) is 52.0 Å². The van der Waals surface area contributed by atoms with Crippen LogP contribution in [0.25, 0.3) is 0 Å². The van der Waals surface area contributed by atoms with Gasteiger partial charge in [-0.05, 0) is 36.2 Å². The van der Waals surface area contributed by atoms with Gasteiger partial charge in [-0.15, -0.1) is 0 Å². The van der Waals surface area contributed by atoms with Crippen molar-refractivity contribution in [1.29, 1.82) is 0 Å². The molecule has 21 heavy (non-hydrogen) atoms. The first-order valence-corrected chi connectivity index (χ1v) is 7.73. The van der Waals surface area contributed by atoms with Crippen molar-refractivity contribution in [3.8, 4) is 0 Å². The SMILES string of the molecule is Cc1cccc(N2CCN(Cc3ccc(Cl)nc3)CC2)c1. The molecule has 0 unspecified atom stereocenters. The Morgan fingerprint density at radius 2 is 1.90 bits per heavy atom. The molecule has 1 saturated heterocycles. The monoisotopic (exact) mass is 301 g/mol. The minimum absolute atomic E-state index is 0.558. The lowest BCUT2D eigenvalue weighted by Gasteiger charge is -2.36. The van der Waals surface area contributed by atoms with Crippen LogP contribution in [0, 0.1) is 6.92 Å². The lowest BCUT2D eigenvalue weighted by atomic mass is 10.2. The lowest BCUT2D eigenvalue weighted by Crippen LogP contribution is -2.46. The molecule has 0 spiro atoms. The summed E-state index contributed by atoms with van der Waals surface area (Å²) in [5, 5.41) is 0.558. The number of nitrogens with zero attached hydrogens (tertiary/aromatic N) is 3. The largest absolute Gasteiger partial charge is 0.369 e. The molecule has 0 saturated carbocycles. The topological polar surface area (TPSA) is 19.4 Å². The van der Waals surface area contributed by atoms with Gasteiger partial charge in [0.15, 0.2) is 0 Å². The molecule has 1 aliphatic rings. The highest BCUT2D eigenvalue weighted by atomic mass is 35.5. The van der Waals surface area contributed by atoms with Crippen LogP contribution in [-0.4, -0.2) is 36.1 Å². The number of benzene rings is 1. The summed E-state index contributed by atoms with van der Waals surface area (Å²) in [6.45, 7) is 7.40. The van der Waals surface area contributed by atoms with Crippen LogP contribution in [-0.2, 0) is 6.54 Å². The quantitative estimate of drug-likeness (QED) is 0.810. The van der Waals surface area contributed by atoms with E-state index in [1.54, 1.807) is 0 Å². The fraction of sp³-hybridized carbons (Fsp3) is 0.353. The summed E-state index contributed by atoms with van der Waals surface area (Å²) < 4.78 is 0. The number of rotatable bonds is 3. The molecule has 1 aromatic heterocycles. The Labute approximate surface area is 131 Å². The first-order valence-electron chi connectivity index (χ1n) is 7.35. The van der Waals surface area contributed by atoms with E-state index in [0.29, 0.717) is 5.15 Å². The first-order chi connectivity index (χ1) is 10.2. The van der Waals surface area contributed by atoms with Crippen LogP contribution < -0.4 is 4.90 Å². The minimum Gasteiger partial charge on any atom is -0.369 e. The van der Waals surface area contributed by atoms with Gasteiger partial charge in [0.1, 0.15) is 5.15 Å². The number of anilines is 1. The average Bonchev–Trinajstić information content (AvgIpc) is 2.50. The second kappa shape index (κ2) is 6.46. The highest BCUT2D eigenvalue weighted by Gasteiger charge is 2.17. The highest BCUT2D eigenvalue weighted by molar-refractivity contribution is 6.29. The second-order valence-corrected chi connectivity index (χ2v) is 5.98. The van der Waals surface area contributed by atoms with Crippen molar-refractivity contribution < 1.29 is 0 Å². The second-order valence-electron chi connectivity index (χ2n) is 5.59. The van der Waals surface area contributed by atoms with Crippen LogP contribution in [0.15, 0.2) is 42.6 Å². The summed E-state index contributed by atoms with van der Waals surface area (Å²) in [5.41, 5.74) is 3.88. The number of aryl methyl sites for hydroxylation is 1. The molecular formula is C17H20ClN3. The van der Waals surface area contributed by atoms with Crippen molar-refractivity contribution in [2.24, 2.45) is 0 Å². The highest BCUT2D eigenvalue weighted by Crippen LogP contribution is 2.18. The Bertz CT molecular complexity index is 589. The zero-order chi connectivity index (χ0) is 14.7. The van der Waals surface area contributed by atoms with E-state index < -0.39 is 0 Å². The summed E-state index contributed by atoms with van der Waals surface area (Å²) in [6, 6.07) is 12.7. The molecular weight excluding hydrogens is 282 g/mol. The Balaban J connectivity index is 1.56. The van der Waals surface area contributed by atoms with Crippen molar-refractivity contribution in [2.45, 2.75) is 13.5 Å². The maximum atomic E-state index is 5.82. The Hall–Kier alpha value is -1.58. The van der Waals surface area contributed by atoms with Crippen LogP contribution in [0.5, 0.6) is 0 Å². The van der Waals surface area contributed by atoms with Gasteiger partial charge in [0.2, 0.25) is 0 Å². The van der Waals surface area contributed by atoms with Gasteiger partial charge in [-0.1, -0.05) is 29.8 Å². The van der Waals surface area contributed by atoms with E-state index >= 15 is 0 Å². The molecule has 4 heteroatoms. The van der Waals surface area contributed by atoms with Gasteiger partial charge < -0.3 is 4.90 Å². The predicted octanol–water partition coefficient (Wildman–Crippen LogP) is 3.37. The van der Waals surface area contributed by atoms with Gasteiger partial charge in [-0.25, -0.2) is 4.98 Å². The molecule has 2 aromatic rings. The standard InChI is InChI=1S/C17H20ClN3/c1-14-3-2-4-16(11-14)21-9-7-20(8-10-21)13-15-5-6-17(18)19-12-15/h2-6,11-12H,7-10,13H2,1H3. The Kier molecular flexibility index (Phi) is 4.42. The van der Waals surface area contributed by atoms with Crippen LogP contribution in [0.1, 0.15) is 11.1 Å². The summed E-state index contributed by atoms with van der Waals surface area (Å²) in [7, 11) is 0. The number of hydrogen-bond acceptors (Lipinski definition) is 3. The maximum absolute atomic E-state index is 5.82. The maximum Gasteiger partial charge on any atom is 0.129 e. The van der Waals surface area contributed by atoms with Gasteiger partial charge in [0.25, 0.3) is 0 Å². The molecule has 2 heterocycles. The number of piperazine rings is 1. The Morgan fingerprint density at radius 1 is 1.10 bits per heavy atom. The molecule has 0 amide bonds. The fourth-order valence-electron chi connectivity index (χ4n) is 2.75. The molecule has 0 atom stereocenters. The molecule has 1 fully saturated rings. The van der Waals surface area contributed by atoms with E-state index in [1.165, 1.54) is 16.8 Å². The van der Waals surface area contributed by atoms with Crippen molar-refractivity contribution in [3.63, 3.8) is 0 Å². The van der Waals surface area contributed by atoms with E-state index in [0.717, 1.165) is 32.7 Å².